The predicted octanol–water partition coefficient (Wildman–Crippen LogP) is 3.40. The fourth-order valence-corrected chi connectivity index (χ4v) is 2.55. The van der Waals surface area contributed by atoms with Gasteiger partial charge in [0.05, 0.1) is 13.7 Å². The summed E-state index contributed by atoms with van der Waals surface area (Å²) >= 11 is 3.48. The predicted molar refractivity (Wildman–Crippen MR) is 74.7 cm³/mol. The molecule has 1 saturated heterocycles. The van der Waals surface area contributed by atoms with E-state index >= 15 is 0 Å². The van der Waals surface area contributed by atoms with Crippen LogP contribution in [-0.4, -0.2) is 26.9 Å². The van der Waals surface area contributed by atoms with E-state index in [0.717, 1.165) is 55.1 Å². The molecule has 100 valence electrons. The average Bonchev–Trinajstić information content (AvgIpc) is 2.45. The molecule has 0 atom stereocenters. The van der Waals surface area contributed by atoms with Gasteiger partial charge in [-0.2, -0.15) is 0 Å². The fourth-order valence-electron chi connectivity index (χ4n) is 2.11. The molecule has 3 nitrogen and oxygen atoms in total. The average molecular weight is 315 g/mol. The Kier molecular flexibility index (Phi) is 5.32. The summed E-state index contributed by atoms with van der Waals surface area (Å²) in [6.07, 6.45) is 2.16. The molecule has 4 heteroatoms. The van der Waals surface area contributed by atoms with Crippen LogP contribution in [0.5, 0.6) is 11.5 Å². The molecule has 0 unspecified atom stereocenters. The highest BCUT2D eigenvalue weighted by Gasteiger charge is 2.16. The van der Waals surface area contributed by atoms with Gasteiger partial charge in [-0.15, -0.1) is 0 Å². The van der Waals surface area contributed by atoms with Crippen molar-refractivity contribution in [3.63, 3.8) is 0 Å². The first-order chi connectivity index (χ1) is 8.85. The maximum atomic E-state index is 5.98. The summed E-state index contributed by atoms with van der Waals surface area (Å²) in [6.45, 7) is 2.44. The highest BCUT2D eigenvalue weighted by Crippen LogP contribution is 2.33. The first-order valence-electron chi connectivity index (χ1n) is 6.27. The summed E-state index contributed by atoms with van der Waals surface area (Å²) in [4.78, 5) is 0. The summed E-state index contributed by atoms with van der Waals surface area (Å²) in [7, 11) is 1.68. The molecule has 0 saturated carbocycles. The minimum Gasteiger partial charge on any atom is -0.493 e. The summed E-state index contributed by atoms with van der Waals surface area (Å²) in [5.74, 6) is 2.26. The molecule has 2 rings (SSSR count). The summed E-state index contributed by atoms with van der Waals surface area (Å²) < 4.78 is 16.7. The maximum absolute atomic E-state index is 5.98. The van der Waals surface area contributed by atoms with Gasteiger partial charge in [0.25, 0.3) is 0 Å². The molecule has 0 spiro atoms. The lowest BCUT2D eigenvalue weighted by Crippen LogP contribution is -2.21. The molecule has 1 aromatic carbocycles. The van der Waals surface area contributed by atoms with Crippen LogP contribution in [0, 0.1) is 5.92 Å². The first kappa shape index (κ1) is 13.7. The van der Waals surface area contributed by atoms with E-state index < -0.39 is 0 Å². The summed E-state index contributed by atoms with van der Waals surface area (Å²) in [5.41, 5.74) is 1.13. The lowest BCUT2D eigenvalue weighted by atomic mass is 10.0. The fraction of sp³-hybridized carbons (Fsp3) is 0.571. The van der Waals surface area contributed by atoms with Gasteiger partial charge in [-0.1, -0.05) is 28.1 Å². The number of ether oxygens (including phenoxy) is 3. The van der Waals surface area contributed by atoms with E-state index in [-0.39, 0.29) is 0 Å². The van der Waals surface area contributed by atoms with Crippen LogP contribution in [0.25, 0.3) is 0 Å². The Morgan fingerprint density at radius 3 is 2.78 bits per heavy atom. The van der Waals surface area contributed by atoms with Crippen molar-refractivity contribution in [2.45, 2.75) is 18.2 Å². The molecule has 18 heavy (non-hydrogen) atoms. The zero-order valence-corrected chi connectivity index (χ0v) is 12.2. The first-order valence-corrected chi connectivity index (χ1v) is 7.39. The number of hydrogen-bond acceptors (Lipinski definition) is 3. The Morgan fingerprint density at radius 2 is 2.11 bits per heavy atom. The molecule has 0 radical (unpaired) electrons. The zero-order chi connectivity index (χ0) is 12.8. The van der Waals surface area contributed by atoms with Crippen molar-refractivity contribution in [2.24, 2.45) is 5.92 Å². The van der Waals surface area contributed by atoms with Crippen molar-refractivity contribution < 1.29 is 14.2 Å². The molecule has 1 heterocycles. The number of benzene rings is 1. The van der Waals surface area contributed by atoms with Crippen LogP contribution in [-0.2, 0) is 10.1 Å². The van der Waals surface area contributed by atoms with E-state index in [0.29, 0.717) is 5.92 Å². The van der Waals surface area contributed by atoms with Crippen LogP contribution in [0.15, 0.2) is 18.2 Å². The van der Waals surface area contributed by atoms with E-state index in [9.17, 15) is 0 Å². The normalized spacial score (nSPS) is 16.6. The van der Waals surface area contributed by atoms with Gasteiger partial charge in [0.1, 0.15) is 0 Å². The lowest BCUT2D eigenvalue weighted by molar-refractivity contribution is 0.0492. The highest BCUT2D eigenvalue weighted by molar-refractivity contribution is 9.08. The molecular formula is C14H19BrO3. The van der Waals surface area contributed by atoms with E-state index in [2.05, 4.69) is 22.0 Å². The monoisotopic (exact) mass is 314 g/mol. The Hall–Kier alpha value is -0.740. The SMILES string of the molecule is COc1cccc(CBr)c1OCC1CCOCC1. The van der Waals surface area contributed by atoms with E-state index in [1.165, 1.54) is 0 Å². The number of rotatable bonds is 5. The topological polar surface area (TPSA) is 27.7 Å². The van der Waals surface area contributed by atoms with Gasteiger partial charge in [-0.05, 0) is 24.8 Å². The molecule has 1 fully saturated rings. The van der Waals surface area contributed by atoms with Crippen LogP contribution in [0.4, 0.5) is 0 Å². The number of methoxy groups -OCH3 is 1. The van der Waals surface area contributed by atoms with Crippen molar-refractivity contribution >= 4 is 15.9 Å². The Bertz CT molecular complexity index is 353. The zero-order valence-electron chi connectivity index (χ0n) is 10.7. The van der Waals surface area contributed by atoms with Gasteiger partial charge >= 0.3 is 0 Å². The van der Waals surface area contributed by atoms with Gasteiger partial charge in [0.2, 0.25) is 0 Å². The van der Waals surface area contributed by atoms with E-state index in [4.69, 9.17) is 14.2 Å². The summed E-state index contributed by atoms with van der Waals surface area (Å²) in [6, 6.07) is 5.97. The van der Waals surface area contributed by atoms with Crippen LogP contribution in [0.3, 0.4) is 0 Å². The number of para-hydroxylation sites is 1. The standard InChI is InChI=1S/C14H19BrO3/c1-16-13-4-2-3-12(9-15)14(13)18-10-11-5-7-17-8-6-11/h2-4,11H,5-10H2,1H3. The molecule has 1 aliphatic heterocycles. The van der Waals surface area contributed by atoms with Crippen LogP contribution in [0.2, 0.25) is 0 Å². The molecule has 0 amide bonds. The van der Waals surface area contributed by atoms with Gasteiger partial charge in [-0.3, -0.25) is 0 Å². The molecule has 0 aromatic heterocycles. The molecular weight excluding hydrogens is 296 g/mol. The quantitative estimate of drug-likeness (QED) is 0.780. The second kappa shape index (κ2) is 7.00. The van der Waals surface area contributed by atoms with Gasteiger partial charge < -0.3 is 14.2 Å². The largest absolute Gasteiger partial charge is 0.493 e. The van der Waals surface area contributed by atoms with E-state index in [1.54, 1.807) is 7.11 Å². The van der Waals surface area contributed by atoms with Crippen LogP contribution in [0.1, 0.15) is 18.4 Å². The van der Waals surface area contributed by atoms with Crippen molar-refractivity contribution in [3.8, 4) is 11.5 Å². The minimum absolute atomic E-state index is 0.590. The van der Waals surface area contributed by atoms with Gasteiger partial charge in [-0.25, -0.2) is 0 Å². The Morgan fingerprint density at radius 1 is 1.33 bits per heavy atom. The van der Waals surface area contributed by atoms with Crippen molar-refractivity contribution in [2.75, 3.05) is 26.9 Å². The highest BCUT2D eigenvalue weighted by atomic mass is 79.9. The molecule has 1 aromatic rings. The number of alkyl halides is 1. The lowest BCUT2D eigenvalue weighted by Gasteiger charge is -2.23. The second-order valence-electron chi connectivity index (χ2n) is 4.45. The van der Waals surface area contributed by atoms with Crippen molar-refractivity contribution in [3.05, 3.63) is 23.8 Å². The number of halogens is 1. The second-order valence-corrected chi connectivity index (χ2v) is 5.01. The molecule has 0 bridgehead atoms. The Balaban J connectivity index is 2.02. The van der Waals surface area contributed by atoms with Crippen molar-refractivity contribution in [1.29, 1.82) is 0 Å². The number of hydrogen-bond donors (Lipinski definition) is 0. The van der Waals surface area contributed by atoms with E-state index in [1.807, 2.05) is 12.1 Å². The van der Waals surface area contributed by atoms with Crippen LogP contribution < -0.4 is 9.47 Å². The van der Waals surface area contributed by atoms with Gasteiger partial charge in [0.15, 0.2) is 11.5 Å². The third-order valence-electron chi connectivity index (χ3n) is 3.23. The molecule has 0 N–H and O–H groups in total. The summed E-state index contributed by atoms with van der Waals surface area (Å²) in [5, 5.41) is 0.771. The Labute approximate surface area is 117 Å². The third kappa shape index (κ3) is 3.39. The molecule has 1 aliphatic rings. The van der Waals surface area contributed by atoms with Crippen LogP contribution >= 0.6 is 15.9 Å². The smallest absolute Gasteiger partial charge is 0.165 e. The third-order valence-corrected chi connectivity index (χ3v) is 3.83. The maximum Gasteiger partial charge on any atom is 0.165 e. The molecule has 0 aliphatic carbocycles. The minimum atomic E-state index is 0.590. The van der Waals surface area contributed by atoms with Gasteiger partial charge in [0, 0.05) is 24.1 Å². The van der Waals surface area contributed by atoms with Crippen molar-refractivity contribution in [1.82, 2.24) is 0 Å².